The van der Waals surface area contributed by atoms with E-state index in [4.69, 9.17) is 9.84 Å². The summed E-state index contributed by atoms with van der Waals surface area (Å²) in [6, 6.07) is 8.29. The van der Waals surface area contributed by atoms with E-state index in [1.54, 1.807) is 24.3 Å². The van der Waals surface area contributed by atoms with Crippen LogP contribution in [0.15, 0.2) is 30.3 Å². The van der Waals surface area contributed by atoms with Crippen molar-refractivity contribution in [1.82, 2.24) is 0 Å². The number of aliphatic carboxylic acids is 1. The zero-order valence-corrected chi connectivity index (χ0v) is 10.4. The summed E-state index contributed by atoms with van der Waals surface area (Å²) in [5.74, 6) is -0.567. The van der Waals surface area contributed by atoms with Crippen molar-refractivity contribution in [2.75, 3.05) is 0 Å². The second kappa shape index (κ2) is 4.48. The Kier molecular flexibility index (Phi) is 2.78. The number of aryl methyl sites for hydroxylation is 1. The lowest BCUT2D eigenvalue weighted by Crippen LogP contribution is -2.31. The highest BCUT2D eigenvalue weighted by molar-refractivity contribution is 5.97. The van der Waals surface area contributed by atoms with E-state index in [0.717, 1.165) is 0 Å². The van der Waals surface area contributed by atoms with Gasteiger partial charge >= 0.3 is 5.97 Å². The summed E-state index contributed by atoms with van der Waals surface area (Å²) in [5.41, 5.74) is 0.713. The van der Waals surface area contributed by atoms with E-state index >= 15 is 0 Å². The normalized spacial score (nSPS) is 17.3. The van der Waals surface area contributed by atoms with E-state index in [1.807, 2.05) is 0 Å². The molecule has 0 amide bonds. The van der Waals surface area contributed by atoms with Gasteiger partial charge in [0.15, 0.2) is 6.10 Å². The Bertz CT molecular complexity index is 725. The number of nitro benzene ring substituents is 1. The SMILES string of the molecule is O=C(O)C1CCc2cc([N+](=O)[O-])c3ccccc3c2O1. The molecule has 6 nitrogen and oxygen atoms in total. The fraction of sp³-hybridized carbons (Fsp3) is 0.214. The van der Waals surface area contributed by atoms with Gasteiger partial charge in [0.1, 0.15) is 5.75 Å². The molecule has 2 aromatic rings. The molecule has 0 bridgehead atoms. The summed E-state index contributed by atoms with van der Waals surface area (Å²) in [4.78, 5) is 21.8. The smallest absolute Gasteiger partial charge is 0.344 e. The minimum absolute atomic E-state index is 0.0247. The summed E-state index contributed by atoms with van der Waals surface area (Å²) in [5, 5.41) is 21.2. The van der Waals surface area contributed by atoms with Gasteiger partial charge in [0, 0.05) is 17.0 Å². The van der Waals surface area contributed by atoms with Crippen LogP contribution in [0.3, 0.4) is 0 Å². The third-order valence-corrected chi connectivity index (χ3v) is 3.46. The molecule has 1 aliphatic heterocycles. The van der Waals surface area contributed by atoms with Gasteiger partial charge in [0.2, 0.25) is 0 Å². The second-order valence-electron chi connectivity index (χ2n) is 4.67. The van der Waals surface area contributed by atoms with Crippen molar-refractivity contribution in [3.63, 3.8) is 0 Å². The van der Waals surface area contributed by atoms with Gasteiger partial charge in [-0.3, -0.25) is 10.1 Å². The minimum Gasteiger partial charge on any atom is -0.479 e. The average Bonchev–Trinajstić information content (AvgIpc) is 2.45. The molecule has 1 aliphatic rings. The maximum atomic E-state index is 11.1. The van der Waals surface area contributed by atoms with Crippen LogP contribution < -0.4 is 4.74 Å². The molecule has 1 heterocycles. The first kappa shape index (κ1) is 12.4. The number of fused-ring (bicyclic) bond motifs is 3. The second-order valence-corrected chi connectivity index (χ2v) is 4.67. The largest absolute Gasteiger partial charge is 0.479 e. The van der Waals surface area contributed by atoms with Crippen molar-refractivity contribution >= 4 is 22.4 Å². The zero-order chi connectivity index (χ0) is 14.3. The molecule has 1 atom stereocenters. The molecule has 0 saturated heterocycles. The first-order chi connectivity index (χ1) is 9.58. The standard InChI is InChI=1S/C14H11NO5/c16-14(17)12-6-5-8-7-11(15(18)19)9-3-1-2-4-10(9)13(8)20-12/h1-4,7,12H,5-6H2,(H,16,17). The van der Waals surface area contributed by atoms with Gasteiger partial charge in [-0.1, -0.05) is 18.2 Å². The van der Waals surface area contributed by atoms with Crippen LogP contribution in [0.5, 0.6) is 5.75 Å². The summed E-state index contributed by atoms with van der Waals surface area (Å²) in [6.45, 7) is 0. The number of carboxylic acids is 1. The molecule has 102 valence electrons. The molecule has 0 radical (unpaired) electrons. The van der Waals surface area contributed by atoms with Crippen molar-refractivity contribution in [3.8, 4) is 5.75 Å². The van der Waals surface area contributed by atoms with E-state index in [2.05, 4.69) is 0 Å². The third kappa shape index (κ3) is 1.85. The minimum atomic E-state index is -1.02. The van der Waals surface area contributed by atoms with Crippen molar-refractivity contribution in [2.24, 2.45) is 0 Å². The van der Waals surface area contributed by atoms with Crippen LogP contribution in [0.4, 0.5) is 5.69 Å². The first-order valence-corrected chi connectivity index (χ1v) is 6.16. The number of hydrogen-bond donors (Lipinski definition) is 1. The van der Waals surface area contributed by atoms with E-state index in [-0.39, 0.29) is 5.69 Å². The van der Waals surface area contributed by atoms with Crippen LogP contribution in [0.1, 0.15) is 12.0 Å². The van der Waals surface area contributed by atoms with Crippen LogP contribution in [0, 0.1) is 10.1 Å². The number of ether oxygens (including phenoxy) is 1. The lowest BCUT2D eigenvalue weighted by Gasteiger charge is -2.24. The molecule has 0 spiro atoms. The Morgan fingerprint density at radius 1 is 1.35 bits per heavy atom. The van der Waals surface area contributed by atoms with Crippen LogP contribution >= 0.6 is 0 Å². The first-order valence-electron chi connectivity index (χ1n) is 6.16. The van der Waals surface area contributed by atoms with Crippen LogP contribution in [0.25, 0.3) is 10.8 Å². The lowest BCUT2D eigenvalue weighted by molar-refractivity contribution is -0.383. The fourth-order valence-corrected chi connectivity index (χ4v) is 2.52. The number of benzene rings is 2. The van der Waals surface area contributed by atoms with Gasteiger partial charge in [-0.2, -0.15) is 0 Å². The van der Waals surface area contributed by atoms with Gasteiger partial charge < -0.3 is 9.84 Å². The number of hydrogen-bond acceptors (Lipinski definition) is 4. The number of non-ortho nitro benzene ring substituents is 1. The van der Waals surface area contributed by atoms with Crippen LogP contribution in [-0.4, -0.2) is 22.1 Å². The quantitative estimate of drug-likeness (QED) is 0.670. The van der Waals surface area contributed by atoms with Gasteiger partial charge in [-0.15, -0.1) is 0 Å². The number of carbonyl (C=O) groups is 1. The molecule has 20 heavy (non-hydrogen) atoms. The van der Waals surface area contributed by atoms with Gasteiger partial charge in [0.05, 0.1) is 10.3 Å². The number of rotatable bonds is 2. The molecular weight excluding hydrogens is 262 g/mol. The molecule has 1 unspecified atom stereocenters. The third-order valence-electron chi connectivity index (χ3n) is 3.46. The van der Waals surface area contributed by atoms with E-state index < -0.39 is 17.0 Å². The number of carboxylic acid groups (broad SMARTS) is 1. The lowest BCUT2D eigenvalue weighted by atomic mass is 9.96. The average molecular weight is 273 g/mol. The zero-order valence-electron chi connectivity index (χ0n) is 10.4. The summed E-state index contributed by atoms with van der Waals surface area (Å²) < 4.78 is 5.52. The van der Waals surface area contributed by atoms with Crippen molar-refractivity contribution < 1.29 is 19.6 Å². The summed E-state index contributed by atoms with van der Waals surface area (Å²) in [7, 11) is 0. The highest BCUT2D eigenvalue weighted by atomic mass is 16.6. The molecule has 0 aromatic heterocycles. The maximum Gasteiger partial charge on any atom is 0.344 e. The Balaban J connectivity index is 2.24. The highest BCUT2D eigenvalue weighted by Crippen LogP contribution is 2.40. The highest BCUT2D eigenvalue weighted by Gasteiger charge is 2.29. The predicted octanol–water partition coefficient (Wildman–Crippen LogP) is 2.53. The predicted molar refractivity (Wildman–Crippen MR) is 71.0 cm³/mol. The van der Waals surface area contributed by atoms with E-state index in [9.17, 15) is 14.9 Å². The fourth-order valence-electron chi connectivity index (χ4n) is 2.52. The number of nitrogens with zero attached hydrogens (tertiary/aromatic N) is 1. The Hall–Kier alpha value is -2.63. The van der Waals surface area contributed by atoms with Crippen molar-refractivity contribution in [3.05, 3.63) is 46.0 Å². The Morgan fingerprint density at radius 2 is 2.05 bits per heavy atom. The van der Waals surface area contributed by atoms with Crippen molar-refractivity contribution in [1.29, 1.82) is 0 Å². The summed E-state index contributed by atoms with van der Waals surface area (Å²) in [6.07, 6.45) is -0.122. The topological polar surface area (TPSA) is 89.7 Å². The molecule has 6 heteroatoms. The number of nitro groups is 1. The van der Waals surface area contributed by atoms with Crippen molar-refractivity contribution in [2.45, 2.75) is 18.9 Å². The van der Waals surface area contributed by atoms with E-state index in [0.29, 0.717) is 34.9 Å². The Labute approximate surface area is 113 Å². The Morgan fingerprint density at radius 3 is 2.70 bits per heavy atom. The molecule has 1 N–H and O–H groups in total. The molecule has 0 saturated carbocycles. The van der Waals surface area contributed by atoms with E-state index in [1.165, 1.54) is 6.07 Å². The van der Waals surface area contributed by atoms with Gasteiger partial charge in [-0.05, 0) is 18.9 Å². The van der Waals surface area contributed by atoms with Crippen LogP contribution in [0.2, 0.25) is 0 Å². The maximum absolute atomic E-state index is 11.1. The summed E-state index contributed by atoms with van der Waals surface area (Å²) >= 11 is 0. The molecule has 0 aliphatic carbocycles. The molecule has 0 fully saturated rings. The molecule has 2 aromatic carbocycles. The molecular formula is C14H11NO5. The van der Waals surface area contributed by atoms with Crippen LogP contribution in [-0.2, 0) is 11.2 Å². The van der Waals surface area contributed by atoms with Gasteiger partial charge in [-0.25, -0.2) is 4.79 Å². The molecule has 3 rings (SSSR count). The van der Waals surface area contributed by atoms with Gasteiger partial charge in [0.25, 0.3) is 5.69 Å². The monoisotopic (exact) mass is 273 g/mol.